The Labute approximate surface area is 208 Å². The molecule has 0 spiro atoms. The molecule has 1 heterocycles. The van der Waals surface area contributed by atoms with Gasteiger partial charge >= 0.3 is 0 Å². The molecule has 1 atom stereocenters. The molecule has 0 saturated heterocycles. The third-order valence-corrected chi connectivity index (χ3v) is 7.41. The third kappa shape index (κ3) is 5.60. The maximum Gasteiger partial charge on any atom is 0.242 e. The van der Waals surface area contributed by atoms with Crippen LogP contribution in [-0.4, -0.2) is 32.8 Å². The topological polar surface area (TPSA) is 95.6 Å². The molecule has 0 radical (unpaired) electrons. The van der Waals surface area contributed by atoms with E-state index in [2.05, 4.69) is 10.0 Å². The molecule has 0 fully saturated rings. The molecule has 1 aliphatic heterocycles. The highest BCUT2D eigenvalue weighted by Gasteiger charge is 2.29. The lowest BCUT2D eigenvalue weighted by Crippen LogP contribution is -2.45. The van der Waals surface area contributed by atoms with Gasteiger partial charge in [0.1, 0.15) is 6.04 Å². The molecule has 0 aliphatic carbocycles. The number of rotatable bonds is 8. The van der Waals surface area contributed by atoms with Gasteiger partial charge in [-0.3, -0.25) is 9.59 Å². The summed E-state index contributed by atoms with van der Waals surface area (Å²) in [5.41, 5.74) is 2.10. The number of nitrogens with one attached hydrogen (secondary N) is 2. The van der Waals surface area contributed by atoms with Crippen molar-refractivity contribution >= 4 is 33.2 Å². The fourth-order valence-electron chi connectivity index (χ4n) is 4.09. The number of amides is 2. The quantitative estimate of drug-likeness (QED) is 0.479. The molecule has 4 rings (SSSR count). The smallest absolute Gasteiger partial charge is 0.242 e. The largest absolute Gasteiger partial charge is 0.325 e. The number of carbonyl (C=O) groups is 2. The maximum absolute atomic E-state index is 13.6. The third-order valence-electron chi connectivity index (χ3n) is 5.94. The van der Waals surface area contributed by atoms with E-state index in [4.69, 9.17) is 0 Å². The highest BCUT2D eigenvalue weighted by atomic mass is 32.2. The number of benzene rings is 3. The summed E-state index contributed by atoms with van der Waals surface area (Å²) in [4.78, 5) is 26.8. The predicted octanol–water partition coefficient (Wildman–Crippen LogP) is 3.79. The van der Waals surface area contributed by atoms with Crippen LogP contribution in [0.3, 0.4) is 0 Å². The van der Waals surface area contributed by atoms with E-state index in [1.54, 1.807) is 48.2 Å². The molecule has 0 saturated carbocycles. The molecule has 188 valence electrons. The Morgan fingerprint density at radius 1 is 1.00 bits per heavy atom. The summed E-state index contributed by atoms with van der Waals surface area (Å²) < 4.78 is 55.9. The van der Waals surface area contributed by atoms with Gasteiger partial charge in [-0.2, -0.15) is 4.72 Å². The number of anilines is 2. The Kier molecular flexibility index (Phi) is 7.46. The number of nitrogens with zero attached hydrogens (tertiary/aromatic N) is 1. The molecular weight excluding hydrogens is 488 g/mol. The van der Waals surface area contributed by atoms with Crippen molar-refractivity contribution in [2.45, 2.75) is 37.1 Å². The summed E-state index contributed by atoms with van der Waals surface area (Å²) in [6.45, 7) is 2.24. The lowest BCUT2D eigenvalue weighted by atomic mass is 10.1. The van der Waals surface area contributed by atoms with Crippen LogP contribution in [0.1, 0.15) is 24.5 Å². The van der Waals surface area contributed by atoms with Crippen LogP contribution in [0.4, 0.5) is 20.2 Å². The zero-order chi connectivity index (χ0) is 25.9. The molecule has 10 heteroatoms. The molecule has 3 aromatic rings. The van der Waals surface area contributed by atoms with Gasteiger partial charge in [-0.25, -0.2) is 17.2 Å². The van der Waals surface area contributed by atoms with Crippen LogP contribution in [0.2, 0.25) is 0 Å². The van der Waals surface area contributed by atoms with Crippen molar-refractivity contribution in [3.63, 3.8) is 0 Å². The van der Waals surface area contributed by atoms with Crippen molar-refractivity contribution in [2.24, 2.45) is 0 Å². The van der Waals surface area contributed by atoms with Gasteiger partial charge in [-0.05, 0) is 54.3 Å². The zero-order valence-electron chi connectivity index (χ0n) is 19.5. The van der Waals surface area contributed by atoms with Crippen LogP contribution in [0.5, 0.6) is 0 Å². The lowest BCUT2D eigenvalue weighted by Gasteiger charge is -2.20. The van der Waals surface area contributed by atoms with E-state index in [1.165, 1.54) is 18.2 Å². The van der Waals surface area contributed by atoms with Crippen LogP contribution in [-0.2, 0) is 32.5 Å². The van der Waals surface area contributed by atoms with Gasteiger partial charge < -0.3 is 10.2 Å². The number of carbonyl (C=O) groups excluding carboxylic acids is 2. The first-order chi connectivity index (χ1) is 17.2. The van der Waals surface area contributed by atoms with E-state index in [0.29, 0.717) is 30.6 Å². The van der Waals surface area contributed by atoms with E-state index in [1.807, 2.05) is 0 Å². The van der Waals surface area contributed by atoms with Crippen molar-refractivity contribution in [3.05, 3.63) is 89.5 Å². The van der Waals surface area contributed by atoms with E-state index >= 15 is 0 Å². The molecule has 0 aromatic heterocycles. The molecule has 0 unspecified atom stereocenters. The van der Waals surface area contributed by atoms with Gasteiger partial charge in [0.25, 0.3) is 0 Å². The van der Waals surface area contributed by atoms with Crippen molar-refractivity contribution in [2.75, 3.05) is 16.8 Å². The summed E-state index contributed by atoms with van der Waals surface area (Å²) in [5, 5.41) is 2.45. The average Bonchev–Trinajstić information content (AvgIpc) is 3.29. The maximum atomic E-state index is 13.6. The van der Waals surface area contributed by atoms with E-state index in [9.17, 15) is 26.8 Å². The number of halogens is 2. The number of fused-ring (bicyclic) bond motifs is 1. The Hall–Kier alpha value is -3.63. The normalized spacial score (nSPS) is 13.8. The van der Waals surface area contributed by atoms with E-state index < -0.39 is 33.6 Å². The molecule has 36 heavy (non-hydrogen) atoms. The minimum atomic E-state index is -4.14. The predicted molar refractivity (Wildman–Crippen MR) is 132 cm³/mol. The first kappa shape index (κ1) is 25.5. The van der Waals surface area contributed by atoms with Gasteiger partial charge in [0, 0.05) is 30.4 Å². The summed E-state index contributed by atoms with van der Waals surface area (Å²) in [6.07, 6.45) is 0.892. The molecule has 2 N–H and O–H groups in total. The van der Waals surface area contributed by atoms with Gasteiger partial charge in [0.2, 0.25) is 21.8 Å². The second kappa shape index (κ2) is 10.5. The van der Waals surface area contributed by atoms with Gasteiger partial charge in [-0.15, -0.1) is 0 Å². The van der Waals surface area contributed by atoms with Crippen LogP contribution < -0.4 is 14.9 Å². The molecule has 3 aromatic carbocycles. The van der Waals surface area contributed by atoms with Crippen molar-refractivity contribution in [1.29, 1.82) is 0 Å². The highest BCUT2D eigenvalue weighted by Crippen LogP contribution is 2.30. The van der Waals surface area contributed by atoms with Gasteiger partial charge in [0.05, 0.1) is 4.90 Å². The van der Waals surface area contributed by atoms with Crippen LogP contribution in [0.25, 0.3) is 0 Å². The fourth-order valence-corrected chi connectivity index (χ4v) is 5.34. The zero-order valence-corrected chi connectivity index (χ0v) is 20.3. The second-order valence-corrected chi connectivity index (χ2v) is 10.1. The van der Waals surface area contributed by atoms with Crippen LogP contribution >= 0.6 is 0 Å². The standard InChI is InChI=1S/C26H25F2N3O4S/c1-2-25(32)31-13-12-18-15-20(9-11-24(18)31)36(34,35)30-23(14-17-6-4-3-5-7-17)26(33)29-19-8-10-21(27)22(28)16-19/h3-11,15-16,23,30H,2,12-14H2,1H3,(H,29,33)/t23-/m1/s1. The van der Waals surface area contributed by atoms with Crippen molar-refractivity contribution in [1.82, 2.24) is 4.72 Å². The number of sulfonamides is 1. The summed E-state index contributed by atoms with van der Waals surface area (Å²) in [6, 6.07) is 15.0. The monoisotopic (exact) mass is 513 g/mol. The molecule has 0 bridgehead atoms. The Morgan fingerprint density at radius 2 is 1.75 bits per heavy atom. The first-order valence-electron chi connectivity index (χ1n) is 11.4. The molecule has 2 amide bonds. The fraction of sp³-hybridized carbons (Fsp3) is 0.231. The minimum absolute atomic E-state index is 0.00521. The molecule has 7 nitrogen and oxygen atoms in total. The molecular formula is C26H25F2N3O4S. The second-order valence-electron chi connectivity index (χ2n) is 8.42. The van der Waals surface area contributed by atoms with E-state index in [-0.39, 0.29) is 22.9 Å². The minimum Gasteiger partial charge on any atom is -0.325 e. The first-order valence-corrected chi connectivity index (χ1v) is 12.9. The molecule has 1 aliphatic rings. The lowest BCUT2D eigenvalue weighted by molar-refractivity contribution is -0.118. The van der Waals surface area contributed by atoms with E-state index in [0.717, 1.165) is 17.7 Å². The van der Waals surface area contributed by atoms with Gasteiger partial charge in [-0.1, -0.05) is 37.3 Å². The number of hydrogen-bond donors (Lipinski definition) is 2. The van der Waals surface area contributed by atoms with Crippen LogP contribution in [0, 0.1) is 11.6 Å². The van der Waals surface area contributed by atoms with Crippen molar-refractivity contribution < 1.29 is 26.8 Å². The average molecular weight is 514 g/mol. The highest BCUT2D eigenvalue weighted by molar-refractivity contribution is 7.89. The summed E-state index contributed by atoms with van der Waals surface area (Å²) in [7, 11) is -4.14. The Balaban J connectivity index is 1.59. The summed E-state index contributed by atoms with van der Waals surface area (Å²) in [5.74, 6) is -2.97. The SMILES string of the molecule is CCC(=O)N1CCc2cc(S(=O)(=O)N[C@H](Cc3ccccc3)C(=O)Nc3ccc(F)c(F)c3)ccc21. The van der Waals surface area contributed by atoms with Crippen LogP contribution in [0.15, 0.2) is 71.6 Å². The Bertz CT molecular complexity index is 1400. The number of hydrogen-bond acceptors (Lipinski definition) is 4. The Morgan fingerprint density at radius 3 is 2.44 bits per heavy atom. The van der Waals surface area contributed by atoms with Gasteiger partial charge in [0.15, 0.2) is 11.6 Å². The van der Waals surface area contributed by atoms with Crippen molar-refractivity contribution in [3.8, 4) is 0 Å². The summed E-state index contributed by atoms with van der Waals surface area (Å²) >= 11 is 0.